The molecule has 1 saturated carbocycles. The Morgan fingerprint density at radius 3 is 2.57 bits per heavy atom. The number of anilines is 1. The average Bonchev–Trinajstić information content (AvgIpc) is 3.32. The summed E-state index contributed by atoms with van der Waals surface area (Å²) < 4.78 is 0. The summed E-state index contributed by atoms with van der Waals surface area (Å²) in [6.45, 7) is 3.69. The zero-order chi connectivity index (χ0) is 24.8. The number of nitrogens with one attached hydrogen (secondary N) is 1. The van der Waals surface area contributed by atoms with Crippen LogP contribution in [0.4, 0.5) is 5.82 Å². The molecular formula is C30H35N3O2. The van der Waals surface area contributed by atoms with Crippen LogP contribution in [0.3, 0.4) is 0 Å². The minimum Gasteiger partial charge on any atom is -0.384 e. The molecular weight excluding hydrogens is 434 g/mol. The van der Waals surface area contributed by atoms with E-state index in [0.29, 0.717) is 24.6 Å². The second-order valence-electron chi connectivity index (χ2n) is 9.82. The zero-order valence-corrected chi connectivity index (χ0v) is 20.7. The number of hydrogen-bond acceptors (Lipinski definition) is 4. The highest BCUT2D eigenvalue weighted by Gasteiger charge is 2.31. The van der Waals surface area contributed by atoms with E-state index in [4.69, 9.17) is 5.73 Å². The van der Waals surface area contributed by atoms with Gasteiger partial charge in [0.1, 0.15) is 5.82 Å². The first-order chi connectivity index (χ1) is 16.9. The van der Waals surface area contributed by atoms with Crippen molar-refractivity contribution >= 4 is 17.5 Å². The summed E-state index contributed by atoms with van der Waals surface area (Å²) in [4.78, 5) is 29.8. The van der Waals surface area contributed by atoms with Crippen molar-refractivity contribution in [3.8, 4) is 11.1 Å². The van der Waals surface area contributed by atoms with Gasteiger partial charge >= 0.3 is 0 Å². The number of carbonyl (C=O) groups is 2. The molecule has 3 atom stereocenters. The van der Waals surface area contributed by atoms with E-state index in [1.54, 1.807) is 13.0 Å². The Hall–Kier alpha value is -3.47. The van der Waals surface area contributed by atoms with Gasteiger partial charge in [-0.15, -0.1) is 0 Å². The van der Waals surface area contributed by atoms with Crippen LogP contribution in [0, 0.1) is 18.8 Å². The van der Waals surface area contributed by atoms with Crippen molar-refractivity contribution in [1.82, 2.24) is 10.3 Å². The maximum absolute atomic E-state index is 12.9. The number of nitrogen functional groups attached to an aromatic ring is 1. The van der Waals surface area contributed by atoms with Crippen molar-refractivity contribution in [2.45, 2.75) is 58.4 Å². The molecule has 0 spiro atoms. The van der Waals surface area contributed by atoms with Crippen LogP contribution in [0.15, 0.2) is 66.7 Å². The lowest BCUT2D eigenvalue weighted by atomic mass is 9.94. The summed E-state index contributed by atoms with van der Waals surface area (Å²) in [6, 6.07) is 22.3. The molecule has 1 heterocycles. The number of aryl methyl sites for hydroxylation is 2. The molecule has 0 radical (unpaired) electrons. The van der Waals surface area contributed by atoms with E-state index in [2.05, 4.69) is 58.8 Å². The number of amides is 1. The van der Waals surface area contributed by atoms with E-state index in [0.717, 1.165) is 36.9 Å². The lowest BCUT2D eigenvalue weighted by Gasteiger charge is -2.17. The number of Topliss-reactive ketones (excluding diaryl/α,β-unsaturated/α-hetero) is 1. The van der Waals surface area contributed by atoms with Crippen LogP contribution in [0.2, 0.25) is 0 Å². The number of rotatable bonds is 9. The van der Waals surface area contributed by atoms with Crippen molar-refractivity contribution in [1.29, 1.82) is 0 Å². The lowest BCUT2D eigenvalue weighted by Crippen LogP contribution is -2.41. The number of benzene rings is 2. The van der Waals surface area contributed by atoms with Gasteiger partial charge in [0.15, 0.2) is 5.78 Å². The standard InChI is InChI=1S/C30H35N3O2/c1-20-24(14-16-29(31)32-20)13-15-28(34)21(2)33-30(35)27-12-11-23(19-27)17-22-7-6-10-26(18-22)25-8-4-3-5-9-25/h3-10,14,16,18,21,23,27H,11-13,15,17,19H2,1-2H3,(H2,31,32)(H,33,35)/t21-,23-,27+/m0/s1. The van der Waals surface area contributed by atoms with E-state index in [1.165, 1.54) is 16.7 Å². The monoisotopic (exact) mass is 469 g/mol. The van der Waals surface area contributed by atoms with E-state index in [9.17, 15) is 9.59 Å². The van der Waals surface area contributed by atoms with Crippen LogP contribution in [-0.2, 0) is 22.4 Å². The van der Waals surface area contributed by atoms with Crippen molar-refractivity contribution < 1.29 is 9.59 Å². The zero-order valence-electron chi connectivity index (χ0n) is 20.7. The summed E-state index contributed by atoms with van der Waals surface area (Å²) in [6.07, 6.45) is 4.75. The SMILES string of the molecule is Cc1nc(N)ccc1CCC(=O)[C@H](C)NC(=O)[C@@H]1CC[C@@H](Cc2cccc(-c3ccccc3)c2)C1. The van der Waals surface area contributed by atoms with Gasteiger partial charge in [0, 0.05) is 18.0 Å². The van der Waals surface area contributed by atoms with Gasteiger partial charge in [-0.05, 0) is 80.2 Å². The second kappa shape index (κ2) is 11.3. The summed E-state index contributed by atoms with van der Waals surface area (Å²) in [5.41, 5.74) is 11.3. The molecule has 182 valence electrons. The molecule has 5 nitrogen and oxygen atoms in total. The molecule has 0 aliphatic heterocycles. The van der Waals surface area contributed by atoms with Gasteiger partial charge in [0.05, 0.1) is 6.04 Å². The largest absolute Gasteiger partial charge is 0.384 e. The third-order valence-electron chi connectivity index (χ3n) is 7.17. The fraction of sp³-hybridized carbons (Fsp3) is 0.367. The Kier molecular flexibility index (Phi) is 7.96. The van der Waals surface area contributed by atoms with E-state index < -0.39 is 6.04 Å². The van der Waals surface area contributed by atoms with Crippen LogP contribution >= 0.6 is 0 Å². The number of ketones is 1. The molecule has 0 unspecified atom stereocenters. The van der Waals surface area contributed by atoms with Gasteiger partial charge in [-0.25, -0.2) is 4.98 Å². The molecule has 1 fully saturated rings. The van der Waals surface area contributed by atoms with Crippen LogP contribution < -0.4 is 11.1 Å². The molecule has 2 aromatic carbocycles. The first-order valence-corrected chi connectivity index (χ1v) is 12.6. The molecule has 3 aromatic rings. The quantitative estimate of drug-likeness (QED) is 0.445. The van der Waals surface area contributed by atoms with E-state index >= 15 is 0 Å². The minimum absolute atomic E-state index is 0.0109. The number of aromatic nitrogens is 1. The molecule has 1 aliphatic carbocycles. The number of pyridine rings is 1. The highest BCUT2D eigenvalue weighted by molar-refractivity contribution is 5.89. The Morgan fingerprint density at radius 2 is 1.80 bits per heavy atom. The molecule has 0 saturated heterocycles. The maximum Gasteiger partial charge on any atom is 0.223 e. The Labute approximate surface area is 208 Å². The minimum atomic E-state index is -0.480. The summed E-state index contributed by atoms with van der Waals surface area (Å²) >= 11 is 0. The Bertz CT molecular complexity index is 1180. The molecule has 3 N–H and O–H groups in total. The van der Waals surface area contributed by atoms with E-state index in [1.807, 2.05) is 19.1 Å². The molecule has 1 aliphatic rings. The first-order valence-electron chi connectivity index (χ1n) is 12.6. The van der Waals surface area contributed by atoms with Crippen LogP contribution in [-0.4, -0.2) is 22.7 Å². The normalized spacial score (nSPS) is 18.2. The number of carbonyl (C=O) groups excluding carboxylic acids is 2. The van der Waals surface area contributed by atoms with Gasteiger partial charge in [-0.3, -0.25) is 9.59 Å². The topological polar surface area (TPSA) is 85.1 Å². The number of nitrogens with two attached hydrogens (primary N) is 1. The summed E-state index contributed by atoms with van der Waals surface area (Å²) in [7, 11) is 0. The third-order valence-corrected chi connectivity index (χ3v) is 7.17. The number of hydrogen-bond donors (Lipinski definition) is 2. The highest BCUT2D eigenvalue weighted by atomic mass is 16.2. The molecule has 1 aromatic heterocycles. The van der Waals surface area contributed by atoms with Crippen molar-refractivity contribution in [2.24, 2.45) is 11.8 Å². The lowest BCUT2D eigenvalue weighted by molar-refractivity contribution is -0.129. The third kappa shape index (κ3) is 6.56. The van der Waals surface area contributed by atoms with Gasteiger partial charge in [-0.2, -0.15) is 0 Å². The van der Waals surface area contributed by atoms with Crippen LogP contribution in [0.25, 0.3) is 11.1 Å². The van der Waals surface area contributed by atoms with Crippen molar-refractivity contribution in [3.63, 3.8) is 0 Å². The Morgan fingerprint density at radius 1 is 1.03 bits per heavy atom. The molecule has 4 rings (SSSR count). The molecule has 0 bridgehead atoms. The van der Waals surface area contributed by atoms with Crippen LogP contribution in [0.5, 0.6) is 0 Å². The smallest absolute Gasteiger partial charge is 0.223 e. The predicted molar refractivity (Wildman–Crippen MR) is 141 cm³/mol. The highest BCUT2D eigenvalue weighted by Crippen LogP contribution is 2.34. The molecule has 1 amide bonds. The van der Waals surface area contributed by atoms with Gasteiger partial charge in [-0.1, -0.05) is 60.7 Å². The summed E-state index contributed by atoms with van der Waals surface area (Å²) in [5, 5.41) is 2.97. The second-order valence-corrected chi connectivity index (χ2v) is 9.82. The fourth-order valence-corrected chi connectivity index (χ4v) is 5.10. The first kappa shape index (κ1) is 24.6. The molecule has 35 heavy (non-hydrogen) atoms. The molecule has 5 heteroatoms. The maximum atomic E-state index is 12.9. The fourth-order valence-electron chi connectivity index (χ4n) is 5.10. The Balaban J connectivity index is 1.25. The van der Waals surface area contributed by atoms with Crippen molar-refractivity contribution in [3.05, 3.63) is 83.6 Å². The van der Waals surface area contributed by atoms with E-state index in [-0.39, 0.29) is 17.6 Å². The van der Waals surface area contributed by atoms with Crippen LogP contribution in [0.1, 0.15) is 49.4 Å². The predicted octanol–water partition coefficient (Wildman–Crippen LogP) is 5.30. The van der Waals surface area contributed by atoms with Crippen molar-refractivity contribution in [2.75, 3.05) is 5.73 Å². The average molecular weight is 470 g/mol. The van der Waals surface area contributed by atoms with Gasteiger partial charge in [0.2, 0.25) is 5.91 Å². The van der Waals surface area contributed by atoms with Gasteiger partial charge in [0.25, 0.3) is 0 Å². The van der Waals surface area contributed by atoms with Gasteiger partial charge < -0.3 is 11.1 Å². The number of nitrogens with zero attached hydrogens (tertiary/aromatic N) is 1. The summed E-state index contributed by atoms with van der Waals surface area (Å²) in [5.74, 6) is 1.01.